The van der Waals surface area contributed by atoms with Gasteiger partial charge in [0.2, 0.25) is 0 Å². The van der Waals surface area contributed by atoms with Crippen LogP contribution in [0.25, 0.3) is 0 Å². The van der Waals surface area contributed by atoms with Crippen molar-refractivity contribution in [1.29, 1.82) is 0 Å². The summed E-state index contributed by atoms with van der Waals surface area (Å²) in [5, 5.41) is 0. The van der Waals surface area contributed by atoms with Crippen LogP contribution in [0.15, 0.2) is 0 Å². The molecule has 0 saturated carbocycles. The van der Waals surface area contributed by atoms with Crippen LogP contribution in [0.3, 0.4) is 0 Å². The first-order chi connectivity index (χ1) is 5.55. The predicted octanol–water partition coefficient (Wildman–Crippen LogP) is 2.60. The van der Waals surface area contributed by atoms with Gasteiger partial charge in [0, 0.05) is 33.2 Å². The molecule has 0 amide bonds. The Kier molecular flexibility index (Phi) is 6.18. The van der Waals surface area contributed by atoms with Crippen LogP contribution in [0.4, 0.5) is 0 Å². The molecule has 1 radical (unpaired) electrons. The Hall–Kier alpha value is 0.0803. The Morgan fingerprint density at radius 1 is 0.786 bits per heavy atom. The number of carbonyl (C=O) groups is 2. The summed E-state index contributed by atoms with van der Waals surface area (Å²) in [5.41, 5.74) is -0.804. The first kappa shape index (κ1) is 16.5. The van der Waals surface area contributed by atoms with Gasteiger partial charge >= 0.3 is 0 Å². The van der Waals surface area contributed by atoms with Crippen LogP contribution >= 0.6 is 0 Å². The molecule has 2 nitrogen and oxygen atoms in total. The van der Waals surface area contributed by atoms with Crippen LogP contribution in [0, 0.1) is 10.8 Å². The second-order valence-corrected chi connectivity index (χ2v) is 5.52. The van der Waals surface area contributed by atoms with Crippen molar-refractivity contribution >= 4 is 11.6 Å². The Labute approximate surface area is 102 Å². The zero-order valence-corrected chi connectivity index (χ0v) is 11.3. The zero-order chi connectivity index (χ0) is 10.9. The van der Waals surface area contributed by atoms with Crippen molar-refractivity contribution in [3.63, 3.8) is 0 Å². The zero-order valence-electron chi connectivity index (χ0n) is 9.83. The maximum absolute atomic E-state index is 11.5. The predicted molar refractivity (Wildman–Crippen MR) is 53.5 cm³/mol. The van der Waals surface area contributed by atoms with E-state index >= 15 is 0 Å². The van der Waals surface area contributed by atoms with Gasteiger partial charge < -0.3 is 0 Å². The van der Waals surface area contributed by atoms with Crippen LogP contribution in [-0.4, -0.2) is 11.6 Å². The van der Waals surface area contributed by atoms with E-state index in [1.807, 2.05) is 41.5 Å². The number of ketones is 2. The fourth-order valence-electron chi connectivity index (χ4n) is 0.676. The van der Waals surface area contributed by atoms with Gasteiger partial charge in [-0.15, -0.1) is 0 Å². The Bertz CT molecular complexity index is 194. The topological polar surface area (TPSA) is 34.1 Å². The van der Waals surface area contributed by atoms with Crippen molar-refractivity contribution in [2.24, 2.45) is 10.8 Å². The molecule has 0 aromatic rings. The van der Waals surface area contributed by atoms with Gasteiger partial charge in [0.25, 0.3) is 0 Å². The van der Waals surface area contributed by atoms with Crippen molar-refractivity contribution in [3.8, 4) is 0 Å². The second-order valence-electron chi connectivity index (χ2n) is 5.52. The molecule has 14 heavy (non-hydrogen) atoms. The third-order valence-corrected chi connectivity index (χ3v) is 1.99. The third-order valence-electron chi connectivity index (χ3n) is 1.99. The van der Waals surface area contributed by atoms with Crippen molar-refractivity contribution in [2.75, 3.05) is 0 Å². The SMILES string of the molecule is CC(C)(C)C(=O)CC(=O)C(C)(C)C.[Ag]. The first-order valence-electron chi connectivity index (χ1n) is 4.62. The quantitative estimate of drug-likeness (QED) is 0.579. The molecular weight excluding hydrogens is 272 g/mol. The van der Waals surface area contributed by atoms with Crippen LogP contribution in [0.2, 0.25) is 0 Å². The van der Waals surface area contributed by atoms with E-state index in [4.69, 9.17) is 0 Å². The van der Waals surface area contributed by atoms with Crippen molar-refractivity contribution in [2.45, 2.75) is 48.0 Å². The summed E-state index contributed by atoms with van der Waals surface area (Å²) in [4.78, 5) is 23.0. The third kappa shape index (κ3) is 5.74. The molecule has 0 spiro atoms. The molecule has 0 aliphatic carbocycles. The van der Waals surface area contributed by atoms with E-state index in [1.54, 1.807) is 0 Å². The largest absolute Gasteiger partial charge is 0.299 e. The standard InChI is InChI=1S/C11H20O2.Ag/c1-10(2,3)8(12)7-9(13)11(4,5)6;/h7H2,1-6H3;. The van der Waals surface area contributed by atoms with Crippen molar-refractivity contribution < 1.29 is 32.0 Å². The van der Waals surface area contributed by atoms with Crippen molar-refractivity contribution in [1.82, 2.24) is 0 Å². The smallest absolute Gasteiger partial charge is 0.145 e. The fourth-order valence-corrected chi connectivity index (χ4v) is 0.676. The van der Waals surface area contributed by atoms with Crippen LogP contribution in [-0.2, 0) is 32.0 Å². The minimum Gasteiger partial charge on any atom is -0.299 e. The number of carbonyl (C=O) groups excluding carboxylic acids is 2. The molecule has 0 saturated heterocycles. The van der Waals surface area contributed by atoms with E-state index in [0.717, 1.165) is 0 Å². The Morgan fingerprint density at radius 2 is 1.00 bits per heavy atom. The molecule has 0 aliphatic rings. The molecule has 0 heterocycles. The molecule has 0 fully saturated rings. The van der Waals surface area contributed by atoms with E-state index in [2.05, 4.69) is 0 Å². The van der Waals surface area contributed by atoms with Crippen molar-refractivity contribution in [3.05, 3.63) is 0 Å². The van der Waals surface area contributed by atoms with E-state index in [-0.39, 0.29) is 40.4 Å². The summed E-state index contributed by atoms with van der Waals surface area (Å²) < 4.78 is 0. The maximum atomic E-state index is 11.5. The van der Waals surface area contributed by atoms with Gasteiger partial charge in [0.15, 0.2) is 0 Å². The number of hydrogen-bond acceptors (Lipinski definition) is 2. The van der Waals surface area contributed by atoms with E-state index in [1.165, 1.54) is 0 Å². The Morgan fingerprint density at radius 3 is 1.14 bits per heavy atom. The molecule has 0 bridgehead atoms. The average Bonchev–Trinajstić information content (AvgIpc) is 1.82. The molecule has 0 atom stereocenters. The van der Waals surface area contributed by atoms with Gasteiger partial charge in [-0.1, -0.05) is 41.5 Å². The number of rotatable bonds is 2. The van der Waals surface area contributed by atoms with Gasteiger partial charge in [-0.25, -0.2) is 0 Å². The molecule has 0 N–H and O–H groups in total. The summed E-state index contributed by atoms with van der Waals surface area (Å²) in [6.45, 7) is 11.0. The van der Waals surface area contributed by atoms with Crippen LogP contribution in [0.5, 0.6) is 0 Å². The van der Waals surface area contributed by atoms with Gasteiger partial charge in [-0.05, 0) is 0 Å². The van der Waals surface area contributed by atoms with E-state index in [0.29, 0.717) is 0 Å². The van der Waals surface area contributed by atoms with Gasteiger partial charge in [-0.2, -0.15) is 0 Å². The van der Waals surface area contributed by atoms with E-state index < -0.39 is 10.8 Å². The summed E-state index contributed by atoms with van der Waals surface area (Å²) in [6, 6.07) is 0. The van der Waals surface area contributed by atoms with E-state index in [9.17, 15) is 9.59 Å². The van der Waals surface area contributed by atoms with Gasteiger partial charge in [-0.3, -0.25) is 9.59 Å². The molecule has 0 aliphatic heterocycles. The molecule has 3 heteroatoms. The maximum Gasteiger partial charge on any atom is 0.145 e. The normalized spacial score (nSPS) is 11.9. The average molecular weight is 292 g/mol. The second kappa shape index (κ2) is 5.24. The Balaban J connectivity index is 0. The van der Waals surface area contributed by atoms with Crippen LogP contribution < -0.4 is 0 Å². The molecule has 0 aromatic heterocycles. The summed E-state index contributed by atoms with van der Waals surface area (Å²) in [7, 11) is 0. The van der Waals surface area contributed by atoms with Gasteiger partial charge in [0.05, 0.1) is 6.42 Å². The summed E-state index contributed by atoms with van der Waals surface area (Å²) >= 11 is 0. The molecule has 0 aromatic carbocycles. The number of Topliss-reactive ketones (excluding diaryl/α,β-unsaturated/α-hetero) is 2. The molecule has 87 valence electrons. The monoisotopic (exact) mass is 291 g/mol. The minimum atomic E-state index is -0.402. The fraction of sp³-hybridized carbons (Fsp3) is 0.818. The van der Waals surface area contributed by atoms with Crippen LogP contribution in [0.1, 0.15) is 48.0 Å². The first-order valence-corrected chi connectivity index (χ1v) is 4.62. The summed E-state index contributed by atoms with van der Waals surface area (Å²) in [6.07, 6.45) is 0.0625. The molecular formula is C11H20AgO2. The molecule has 0 unspecified atom stereocenters. The molecule has 0 rings (SSSR count). The minimum absolute atomic E-state index is 0. The summed E-state index contributed by atoms with van der Waals surface area (Å²) in [5.74, 6) is 0.0415. The van der Waals surface area contributed by atoms with Gasteiger partial charge in [0.1, 0.15) is 11.6 Å². The number of hydrogen-bond donors (Lipinski definition) is 0.